The van der Waals surface area contributed by atoms with Crippen molar-refractivity contribution < 1.29 is 19.4 Å². The van der Waals surface area contributed by atoms with Crippen LogP contribution in [-0.4, -0.2) is 31.1 Å². The Hall–Kier alpha value is -0.610. The third kappa shape index (κ3) is 2.17. The van der Waals surface area contributed by atoms with Gasteiger partial charge in [-0.1, -0.05) is 0 Å². The van der Waals surface area contributed by atoms with Crippen LogP contribution in [0.4, 0.5) is 0 Å². The van der Waals surface area contributed by atoms with Gasteiger partial charge in [0.2, 0.25) is 0 Å². The molecular formula is C7H12O4. The monoisotopic (exact) mass is 160 g/mol. The second-order valence-electron chi connectivity index (χ2n) is 2.62. The zero-order chi connectivity index (χ0) is 8.27. The normalized spacial score (nSPS) is 30.6. The molecule has 1 fully saturated rings. The number of carboxylic acids is 1. The third-order valence-corrected chi connectivity index (χ3v) is 1.82. The first kappa shape index (κ1) is 8.49. The van der Waals surface area contributed by atoms with Gasteiger partial charge in [-0.3, -0.25) is 4.79 Å². The zero-order valence-electron chi connectivity index (χ0n) is 6.45. The maximum Gasteiger partial charge on any atom is 0.303 e. The highest BCUT2D eigenvalue weighted by Crippen LogP contribution is 2.24. The Kier molecular flexibility index (Phi) is 2.84. The molecular weight excluding hydrogens is 148 g/mol. The number of carbonyl (C=O) groups is 1. The lowest BCUT2D eigenvalue weighted by Gasteiger charge is -2.13. The molecule has 4 nitrogen and oxygen atoms in total. The lowest BCUT2D eigenvalue weighted by atomic mass is 10.0. The molecule has 1 aliphatic rings. The van der Waals surface area contributed by atoms with Crippen molar-refractivity contribution in [3.63, 3.8) is 0 Å². The molecule has 64 valence electrons. The van der Waals surface area contributed by atoms with Crippen LogP contribution in [0.25, 0.3) is 0 Å². The molecule has 0 aromatic rings. The Morgan fingerprint density at radius 3 is 3.09 bits per heavy atom. The average Bonchev–Trinajstić information content (AvgIpc) is 2.34. The van der Waals surface area contributed by atoms with Crippen LogP contribution < -0.4 is 0 Å². The van der Waals surface area contributed by atoms with Gasteiger partial charge in [0.05, 0.1) is 13.0 Å². The van der Waals surface area contributed by atoms with Crippen molar-refractivity contribution in [1.82, 2.24) is 0 Å². The van der Waals surface area contributed by atoms with Gasteiger partial charge in [-0.25, -0.2) is 0 Å². The smallest absolute Gasteiger partial charge is 0.303 e. The van der Waals surface area contributed by atoms with Crippen LogP contribution in [0.1, 0.15) is 12.8 Å². The Balaban J connectivity index is 2.37. The number of methoxy groups -OCH3 is 1. The first-order valence-corrected chi connectivity index (χ1v) is 3.60. The quantitative estimate of drug-likeness (QED) is 0.652. The Labute approximate surface area is 65.1 Å². The number of hydrogen-bond donors (Lipinski definition) is 1. The molecule has 0 amide bonds. The van der Waals surface area contributed by atoms with E-state index in [1.165, 1.54) is 7.11 Å². The first-order valence-electron chi connectivity index (χ1n) is 3.60. The van der Waals surface area contributed by atoms with E-state index < -0.39 is 5.97 Å². The van der Waals surface area contributed by atoms with Gasteiger partial charge in [-0.05, 0) is 6.42 Å². The second-order valence-corrected chi connectivity index (χ2v) is 2.62. The van der Waals surface area contributed by atoms with Gasteiger partial charge in [-0.2, -0.15) is 0 Å². The highest BCUT2D eigenvalue weighted by atomic mass is 16.7. The summed E-state index contributed by atoms with van der Waals surface area (Å²) in [6, 6.07) is 0. The van der Waals surface area contributed by atoms with E-state index >= 15 is 0 Å². The maximum atomic E-state index is 10.3. The minimum absolute atomic E-state index is 0.0255. The van der Waals surface area contributed by atoms with Gasteiger partial charge in [0.25, 0.3) is 0 Å². The van der Waals surface area contributed by atoms with Crippen LogP contribution in [0.5, 0.6) is 0 Å². The van der Waals surface area contributed by atoms with Crippen LogP contribution in [0, 0.1) is 5.92 Å². The summed E-state index contributed by atoms with van der Waals surface area (Å²) in [6.07, 6.45) is 0.606. The summed E-state index contributed by atoms with van der Waals surface area (Å²) in [6.45, 7) is 0.608. The molecule has 0 aliphatic carbocycles. The van der Waals surface area contributed by atoms with E-state index in [4.69, 9.17) is 14.6 Å². The highest BCUT2D eigenvalue weighted by molar-refractivity contribution is 5.67. The van der Waals surface area contributed by atoms with Crippen LogP contribution in [0.3, 0.4) is 0 Å². The predicted molar refractivity (Wildman–Crippen MR) is 37.1 cm³/mol. The summed E-state index contributed by atoms with van der Waals surface area (Å²) in [5.74, 6) is -0.764. The summed E-state index contributed by atoms with van der Waals surface area (Å²) in [4.78, 5) is 10.3. The number of rotatable bonds is 3. The SMILES string of the molecule is COC1OCC[C@H]1CC(=O)O. The van der Waals surface area contributed by atoms with Crippen molar-refractivity contribution in [2.45, 2.75) is 19.1 Å². The molecule has 4 heteroatoms. The lowest BCUT2D eigenvalue weighted by Crippen LogP contribution is -2.20. The predicted octanol–water partition coefficient (Wildman–Crippen LogP) is 0.470. The Morgan fingerprint density at radius 2 is 2.55 bits per heavy atom. The Morgan fingerprint density at radius 1 is 1.82 bits per heavy atom. The summed E-state index contributed by atoms with van der Waals surface area (Å²) >= 11 is 0. The van der Waals surface area contributed by atoms with Crippen molar-refractivity contribution in [1.29, 1.82) is 0 Å². The van der Waals surface area contributed by atoms with E-state index in [2.05, 4.69) is 0 Å². The van der Waals surface area contributed by atoms with E-state index in [0.717, 1.165) is 6.42 Å². The molecule has 1 rings (SSSR count). The standard InChI is InChI=1S/C7H12O4/c1-10-7-5(2-3-11-7)4-6(8)9/h5,7H,2-4H2,1H3,(H,8,9)/t5-,7?/m0/s1. The van der Waals surface area contributed by atoms with E-state index in [1.54, 1.807) is 0 Å². The fraction of sp³-hybridized carbons (Fsp3) is 0.857. The van der Waals surface area contributed by atoms with E-state index in [1.807, 2.05) is 0 Å². The molecule has 1 saturated heterocycles. The molecule has 2 atom stereocenters. The number of carboxylic acid groups (broad SMARTS) is 1. The average molecular weight is 160 g/mol. The van der Waals surface area contributed by atoms with Gasteiger partial charge in [0.15, 0.2) is 6.29 Å². The highest BCUT2D eigenvalue weighted by Gasteiger charge is 2.29. The van der Waals surface area contributed by atoms with Crippen LogP contribution in [0.2, 0.25) is 0 Å². The molecule has 0 aromatic carbocycles. The summed E-state index contributed by atoms with van der Waals surface area (Å²) in [5.41, 5.74) is 0. The van der Waals surface area contributed by atoms with Gasteiger partial charge in [0.1, 0.15) is 0 Å². The van der Waals surface area contributed by atoms with Crippen molar-refractivity contribution in [2.75, 3.05) is 13.7 Å². The fourth-order valence-corrected chi connectivity index (χ4v) is 1.29. The van der Waals surface area contributed by atoms with Crippen LogP contribution in [0.15, 0.2) is 0 Å². The molecule has 1 heterocycles. The number of hydrogen-bond acceptors (Lipinski definition) is 3. The maximum absolute atomic E-state index is 10.3. The molecule has 0 saturated carbocycles. The molecule has 0 bridgehead atoms. The summed E-state index contributed by atoms with van der Waals surface area (Å²) < 4.78 is 10.1. The largest absolute Gasteiger partial charge is 0.481 e. The van der Waals surface area contributed by atoms with Gasteiger partial charge < -0.3 is 14.6 Å². The number of ether oxygens (including phenoxy) is 2. The molecule has 11 heavy (non-hydrogen) atoms. The molecule has 0 radical (unpaired) electrons. The first-order chi connectivity index (χ1) is 5.24. The second kappa shape index (κ2) is 3.69. The van der Waals surface area contributed by atoms with E-state index in [9.17, 15) is 4.79 Å². The summed E-state index contributed by atoms with van der Waals surface area (Å²) in [7, 11) is 1.53. The third-order valence-electron chi connectivity index (χ3n) is 1.82. The van der Waals surface area contributed by atoms with Crippen LogP contribution in [-0.2, 0) is 14.3 Å². The minimum atomic E-state index is -0.789. The topological polar surface area (TPSA) is 55.8 Å². The van der Waals surface area contributed by atoms with E-state index in [-0.39, 0.29) is 18.6 Å². The Bertz CT molecular complexity index is 145. The number of aliphatic carboxylic acids is 1. The molecule has 1 aliphatic heterocycles. The lowest BCUT2D eigenvalue weighted by molar-refractivity contribution is -0.144. The van der Waals surface area contributed by atoms with Crippen molar-refractivity contribution in [3.8, 4) is 0 Å². The molecule has 0 aromatic heterocycles. The summed E-state index contributed by atoms with van der Waals surface area (Å²) in [5, 5.41) is 8.48. The van der Waals surface area contributed by atoms with Crippen molar-refractivity contribution >= 4 is 5.97 Å². The molecule has 1 N–H and O–H groups in total. The van der Waals surface area contributed by atoms with Gasteiger partial charge >= 0.3 is 5.97 Å². The fourth-order valence-electron chi connectivity index (χ4n) is 1.29. The van der Waals surface area contributed by atoms with Crippen molar-refractivity contribution in [3.05, 3.63) is 0 Å². The minimum Gasteiger partial charge on any atom is -0.481 e. The van der Waals surface area contributed by atoms with Crippen LogP contribution >= 0.6 is 0 Å². The molecule has 1 unspecified atom stereocenters. The zero-order valence-corrected chi connectivity index (χ0v) is 6.45. The van der Waals surface area contributed by atoms with Gasteiger partial charge in [0, 0.05) is 13.0 Å². The van der Waals surface area contributed by atoms with E-state index in [0.29, 0.717) is 6.61 Å². The van der Waals surface area contributed by atoms with Gasteiger partial charge in [-0.15, -0.1) is 0 Å². The molecule has 0 spiro atoms. The van der Waals surface area contributed by atoms with Crippen molar-refractivity contribution in [2.24, 2.45) is 5.92 Å².